The van der Waals surface area contributed by atoms with Crippen molar-refractivity contribution in [3.8, 4) is 17.6 Å². The van der Waals surface area contributed by atoms with Crippen LogP contribution in [0.3, 0.4) is 0 Å². The normalized spacial score (nSPS) is 12.1. The molecule has 0 aromatic heterocycles. The van der Waals surface area contributed by atoms with Gasteiger partial charge in [-0.15, -0.1) is 0 Å². The Morgan fingerprint density at radius 1 is 1.18 bits per heavy atom. The molecule has 0 unspecified atom stereocenters. The molecule has 1 N–H and O–H groups in total. The Morgan fingerprint density at radius 2 is 1.95 bits per heavy atom. The van der Waals surface area contributed by atoms with E-state index in [0.29, 0.717) is 22.6 Å². The van der Waals surface area contributed by atoms with Gasteiger partial charge in [0.1, 0.15) is 0 Å². The molecular formula is C16H11N3O3. The minimum Gasteiger partial charge on any atom is -0.454 e. The van der Waals surface area contributed by atoms with Crippen molar-refractivity contribution in [1.29, 1.82) is 5.26 Å². The van der Waals surface area contributed by atoms with Crippen LogP contribution in [-0.4, -0.2) is 18.9 Å². The van der Waals surface area contributed by atoms with E-state index in [1.54, 1.807) is 36.4 Å². The first-order valence-electron chi connectivity index (χ1n) is 6.49. The predicted octanol–water partition coefficient (Wildman–Crippen LogP) is 2.05. The van der Waals surface area contributed by atoms with E-state index in [2.05, 4.69) is 10.5 Å². The first-order valence-corrected chi connectivity index (χ1v) is 6.49. The Bertz CT molecular complexity index is 776. The number of nitriles is 1. The number of carbonyl (C=O) groups excluding carboxylic acids is 1. The molecule has 1 aliphatic heterocycles. The van der Waals surface area contributed by atoms with Crippen molar-refractivity contribution in [2.75, 3.05) is 6.79 Å². The van der Waals surface area contributed by atoms with Crippen LogP contribution in [-0.2, 0) is 0 Å². The summed E-state index contributed by atoms with van der Waals surface area (Å²) in [5.74, 6) is 1.00. The van der Waals surface area contributed by atoms with Gasteiger partial charge in [-0.2, -0.15) is 10.4 Å². The standard InChI is InChI=1S/C16H11N3O3/c17-8-11-1-4-13(5-2-11)16(20)19-18-9-12-3-6-14-15(7-12)22-10-21-14/h1-7,9H,10H2,(H,19,20)/b18-9-. The fraction of sp³-hybridized carbons (Fsp3) is 0.0625. The fourth-order valence-corrected chi connectivity index (χ4v) is 1.92. The summed E-state index contributed by atoms with van der Waals surface area (Å²) in [6, 6.07) is 13.7. The smallest absolute Gasteiger partial charge is 0.271 e. The van der Waals surface area contributed by atoms with E-state index in [1.165, 1.54) is 6.21 Å². The predicted molar refractivity (Wildman–Crippen MR) is 78.8 cm³/mol. The van der Waals surface area contributed by atoms with Gasteiger partial charge in [0.25, 0.3) is 5.91 Å². The van der Waals surface area contributed by atoms with Crippen molar-refractivity contribution in [3.63, 3.8) is 0 Å². The van der Waals surface area contributed by atoms with E-state index in [9.17, 15) is 4.79 Å². The summed E-state index contributed by atoms with van der Waals surface area (Å²) in [6.07, 6.45) is 1.52. The lowest BCUT2D eigenvalue weighted by atomic mass is 10.1. The lowest BCUT2D eigenvalue weighted by molar-refractivity contribution is 0.0955. The summed E-state index contributed by atoms with van der Waals surface area (Å²) >= 11 is 0. The molecule has 0 spiro atoms. The Morgan fingerprint density at radius 3 is 2.73 bits per heavy atom. The quantitative estimate of drug-likeness (QED) is 0.693. The van der Waals surface area contributed by atoms with Gasteiger partial charge in [0.2, 0.25) is 6.79 Å². The number of benzene rings is 2. The number of rotatable bonds is 3. The third kappa shape index (κ3) is 2.88. The summed E-state index contributed by atoms with van der Waals surface area (Å²) in [5.41, 5.74) is 4.14. The molecule has 22 heavy (non-hydrogen) atoms. The molecule has 0 bridgehead atoms. The maximum Gasteiger partial charge on any atom is 0.271 e. The van der Waals surface area contributed by atoms with Crippen LogP contribution in [0.4, 0.5) is 0 Å². The average molecular weight is 293 g/mol. The first-order chi connectivity index (χ1) is 10.8. The maximum atomic E-state index is 11.9. The van der Waals surface area contributed by atoms with Crippen LogP contribution < -0.4 is 14.9 Å². The minimum atomic E-state index is -0.346. The highest BCUT2D eigenvalue weighted by Crippen LogP contribution is 2.31. The van der Waals surface area contributed by atoms with Gasteiger partial charge in [-0.25, -0.2) is 5.43 Å². The number of nitrogens with one attached hydrogen (secondary N) is 1. The van der Waals surface area contributed by atoms with Crippen LogP contribution in [0.1, 0.15) is 21.5 Å². The highest BCUT2D eigenvalue weighted by atomic mass is 16.7. The molecular weight excluding hydrogens is 282 g/mol. The van der Waals surface area contributed by atoms with Crippen LogP contribution in [0.15, 0.2) is 47.6 Å². The fourth-order valence-electron chi connectivity index (χ4n) is 1.92. The van der Waals surface area contributed by atoms with Gasteiger partial charge in [-0.05, 0) is 48.0 Å². The second kappa shape index (κ2) is 5.97. The Balaban J connectivity index is 1.64. The zero-order valence-electron chi connectivity index (χ0n) is 11.4. The van der Waals surface area contributed by atoms with Gasteiger partial charge in [0.05, 0.1) is 17.8 Å². The van der Waals surface area contributed by atoms with E-state index in [-0.39, 0.29) is 12.7 Å². The molecule has 1 aliphatic rings. The largest absolute Gasteiger partial charge is 0.454 e. The van der Waals surface area contributed by atoms with Gasteiger partial charge in [0.15, 0.2) is 11.5 Å². The molecule has 2 aromatic carbocycles. The molecule has 1 heterocycles. The molecule has 0 aliphatic carbocycles. The van der Waals surface area contributed by atoms with Gasteiger partial charge in [-0.3, -0.25) is 4.79 Å². The Labute approximate surface area is 126 Å². The van der Waals surface area contributed by atoms with Crippen LogP contribution in [0.2, 0.25) is 0 Å². The highest BCUT2D eigenvalue weighted by Gasteiger charge is 2.12. The van der Waals surface area contributed by atoms with Crippen molar-refractivity contribution in [1.82, 2.24) is 5.43 Å². The molecule has 0 atom stereocenters. The van der Waals surface area contributed by atoms with Gasteiger partial charge >= 0.3 is 0 Å². The second-order valence-corrected chi connectivity index (χ2v) is 4.50. The van der Waals surface area contributed by atoms with Crippen LogP contribution >= 0.6 is 0 Å². The van der Waals surface area contributed by atoms with E-state index in [1.807, 2.05) is 12.1 Å². The SMILES string of the molecule is N#Cc1ccc(C(=O)N/N=C\c2ccc3c(c2)OCO3)cc1. The maximum absolute atomic E-state index is 11.9. The third-order valence-corrected chi connectivity index (χ3v) is 3.05. The number of ether oxygens (including phenoxy) is 2. The average Bonchev–Trinajstić information content (AvgIpc) is 3.02. The Kier molecular flexibility index (Phi) is 3.70. The summed E-state index contributed by atoms with van der Waals surface area (Å²) in [5, 5.41) is 12.6. The summed E-state index contributed by atoms with van der Waals surface area (Å²) < 4.78 is 10.5. The third-order valence-electron chi connectivity index (χ3n) is 3.05. The van der Waals surface area contributed by atoms with E-state index >= 15 is 0 Å². The molecule has 2 aromatic rings. The molecule has 0 saturated heterocycles. The molecule has 6 nitrogen and oxygen atoms in total. The number of carbonyl (C=O) groups is 1. The number of amides is 1. The van der Waals surface area contributed by atoms with Crippen LogP contribution in [0.5, 0.6) is 11.5 Å². The van der Waals surface area contributed by atoms with Crippen molar-refractivity contribution in [2.45, 2.75) is 0 Å². The van der Waals surface area contributed by atoms with Gasteiger partial charge < -0.3 is 9.47 Å². The van der Waals surface area contributed by atoms with E-state index in [4.69, 9.17) is 14.7 Å². The molecule has 1 amide bonds. The van der Waals surface area contributed by atoms with Crippen molar-refractivity contribution in [2.24, 2.45) is 5.10 Å². The lowest BCUT2D eigenvalue weighted by Gasteiger charge is -2.00. The molecule has 0 fully saturated rings. The molecule has 3 rings (SSSR count). The number of fused-ring (bicyclic) bond motifs is 1. The molecule has 6 heteroatoms. The minimum absolute atomic E-state index is 0.214. The number of hydrogen-bond donors (Lipinski definition) is 1. The molecule has 0 saturated carbocycles. The highest BCUT2D eigenvalue weighted by molar-refractivity contribution is 5.95. The molecule has 108 valence electrons. The van der Waals surface area contributed by atoms with Crippen molar-refractivity contribution >= 4 is 12.1 Å². The first kappa shape index (κ1) is 13.6. The van der Waals surface area contributed by atoms with E-state index < -0.39 is 0 Å². The lowest BCUT2D eigenvalue weighted by Crippen LogP contribution is -2.17. The zero-order valence-corrected chi connectivity index (χ0v) is 11.4. The van der Waals surface area contributed by atoms with Gasteiger partial charge in [-0.1, -0.05) is 0 Å². The summed E-state index contributed by atoms with van der Waals surface area (Å²) in [4.78, 5) is 11.9. The monoisotopic (exact) mass is 293 g/mol. The number of hydrazone groups is 1. The van der Waals surface area contributed by atoms with Crippen LogP contribution in [0, 0.1) is 11.3 Å². The molecule has 0 radical (unpaired) electrons. The topological polar surface area (TPSA) is 83.7 Å². The second-order valence-electron chi connectivity index (χ2n) is 4.50. The number of nitrogens with zero attached hydrogens (tertiary/aromatic N) is 2. The zero-order chi connectivity index (χ0) is 15.4. The van der Waals surface area contributed by atoms with E-state index in [0.717, 1.165) is 5.56 Å². The summed E-state index contributed by atoms with van der Waals surface area (Å²) in [6.45, 7) is 0.214. The summed E-state index contributed by atoms with van der Waals surface area (Å²) in [7, 11) is 0. The van der Waals surface area contributed by atoms with Crippen molar-refractivity contribution < 1.29 is 14.3 Å². The van der Waals surface area contributed by atoms with Crippen molar-refractivity contribution in [3.05, 3.63) is 59.2 Å². The number of hydrogen-bond acceptors (Lipinski definition) is 5. The van der Waals surface area contributed by atoms with Gasteiger partial charge in [0, 0.05) is 5.56 Å². The Hall–Kier alpha value is -3.33. The van der Waals surface area contributed by atoms with Crippen LogP contribution in [0.25, 0.3) is 0 Å².